The normalized spacial score (nSPS) is 14.7. The van der Waals surface area contributed by atoms with Crippen molar-refractivity contribution in [3.8, 4) is 11.1 Å². The van der Waals surface area contributed by atoms with Crippen LogP contribution in [0.5, 0.6) is 0 Å². The first-order valence-corrected chi connectivity index (χ1v) is 13.6. The first kappa shape index (κ1) is 24.5. The van der Waals surface area contributed by atoms with E-state index in [0.717, 1.165) is 21.6 Å². The molecule has 0 unspecified atom stereocenters. The number of carbonyl (C=O) groups is 3. The summed E-state index contributed by atoms with van der Waals surface area (Å²) in [5.74, 6) is -1.10. The minimum absolute atomic E-state index is 0.0660. The van der Waals surface area contributed by atoms with E-state index in [4.69, 9.17) is 0 Å². The number of nitrogens with zero attached hydrogens (tertiary/aromatic N) is 2. The number of rotatable bonds is 4. The van der Waals surface area contributed by atoms with Crippen molar-refractivity contribution in [2.45, 2.75) is 16.7 Å². The highest BCUT2D eigenvalue weighted by atomic mass is 32.2. The summed E-state index contributed by atoms with van der Waals surface area (Å²) in [6.07, 6.45) is 0. The van der Waals surface area contributed by atoms with E-state index in [1.807, 2.05) is 13.0 Å². The largest absolute Gasteiger partial charge is 0.311 e. The number of carbonyl (C=O) groups excluding carboxylic acids is 3. The Morgan fingerprint density at radius 2 is 1.10 bits per heavy atom. The monoisotopic (exact) mass is 534 g/mol. The standard InChI is InChI=1S/C31H22N2O5S/c1-18-4-10-23(11-5-18)39(37,38)24-12-8-22(9-13-24)33-30(35)26-15-7-21(17-28(26)31(33)36)20-6-14-25-27(16-20)19(2)32(3)29(25)34/h4-17H,2H2,1,3H3. The summed E-state index contributed by atoms with van der Waals surface area (Å²) in [7, 11) is -2.08. The van der Waals surface area contributed by atoms with E-state index in [0.29, 0.717) is 16.8 Å². The summed E-state index contributed by atoms with van der Waals surface area (Å²) in [5, 5.41) is 0. The SMILES string of the molecule is C=C1c2cc(-c3ccc4c(c3)C(=O)N(c3ccc(S(=O)(=O)c5ccc(C)cc5)cc3)C4=O)ccc2C(=O)N1C. The van der Waals surface area contributed by atoms with Gasteiger partial charge in [-0.05, 0) is 78.7 Å². The predicted molar refractivity (Wildman–Crippen MR) is 147 cm³/mol. The van der Waals surface area contributed by atoms with Crippen LogP contribution < -0.4 is 4.90 Å². The Kier molecular flexibility index (Phi) is 5.41. The van der Waals surface area contributed by atoms with E-state index in [9.17, 15) is 22.8 Å². The number of amides is 3. The molecule has 4 aromatic rings. The van der Waals surface area contributed by atoms with E-state index >= 15 is 0 Å². The molecule has 0 atom stereocenters. The molecule has 2 aliphatic heterocycles. The van der Waals surface area contributed by atoms with Crippen molar-refractivity contribution < 1.29 is 22.8 Å². The molecule has 0 spiro atoms. The van der Waals surface area contributed by atoms with Crippen LogP contribution in [0, 0.1) is 6.92 Å². The van der Waals surface area contributed by atoms with Crippen LogP contribution in [0.1, 0.15) is 42.2 Å². The zero-order valence-electron chi connectivity index (χ0n) is 21.1. The molecule has 0 aliphatic carbocycles. The van der Waals surface area contributed by atoms with E-state index in [2.05, 4.69) is 6.58 Å². The van der Waals surface area contributed by atoms with Gasteiger partial charge < -0.3 is 4.90 Å². The average Bonchev–Trinajstić information content (AvgIpc) is 3.32. The van der Waals surface area contributed by atoms with Crippen LogP contribution in [0.25, 0.3) is 16.8 Å². The molecule has 2 aliphatic rings. The second-order valence-corrected chi connectivity index (χ2v) is 11.5. The van der Waals surface area contributed by atoms with Gasteiger partial charge in [-0.1, -0.05) is 36.4 Å². The van der Waals surface area contributed by atoms with Crippen LogP contribution in [-0.2, 0) is 9.84 Å². The molecule has 0 saturated carbocycles. The lowest BCUT2D eigenvalue weighted by Crippen LogP contribution is -2.29. The fourth-order valence-electron chi connectivity index (χ4n) is 4.92. The molecule has 0 bridgehead atoms. The second kappa shape index (κ2) is 8.61. The fraction of sp³-hybridized carbons (Fsp3) is 0.0645. The summed E-state index contributed by atoms with van der Waals surface area (Å²) in [4.78, 5) is 41.7. The molecule has 4 aromatic carbocycles. The van der Waals surface area contributed by atoms with Crippen molar-refractivity contribution in [1.82, 2.24) is 4.90 Å². The lowest BCUT2D eigenvalue weighted by atomic mass is 9.97. The third kappa shape index (κ3) is 3.72. The molecule has 6 rings (SSSR count). The zero-order valence-corrected chi connectivity index (χ0v) is 22.0. The fourth-order valence-corrected chi connectivity index (χ4v) is 6.18. The van der Waals surface area contributed by atoms with E-state index < -0.39 is 21.7 Å². The number of benzene rings is 4. The summed E-state index contributed by atoms with van der Waals surface area (Å²) >= 11 is 0. The third-order valence-corrected chi connectivity index (χ3v) is 9.01. The van der Waals surface area contributed by atoms with E-state index in [-0.39, 0.29) is 32.5 Å². The molecule has 39 heavy (non-hydrogen) atoms. The number of hydrogen-bond acceptors (Lipinski definition) is 5. The van der Waals surface area contributed by atoms with Crippen LogP contribution >= 0.6 is 0 Å². The predicted octanol–water partition coefficient (Wildman–Crippen LogP) is 5.35. The Morgan fingerprint density at radius 1 is 0.615 bits per heavy atom. The minimum atomic E-state index is -3.75. The smallest absolute Gasteiger partial charge is 0.266 e. The van der Waals surface area contributed by atoms with Crippen molar-refractivity contribution in [3.63, 3.8) is 0 Å². The summed E-state index contributed by atoms with van der Waals surface area (Å²) in [6.45, 7) is 5.86. The van der Waals surface area contributed by atoms with Gasteiger partial charge in [0.25, 0.3) is 17.7 Å². The quantitative estimate of drug-likeness (QED) is 0.329. The van der Waals surface area contributed by atoms with Gasteiger partial charge in [-0.3, -0.25) is 14.4 Å². The van der Waals surface area contributed by atoms with Gasteiger partial charge >= 0.3 is 0 Å². The third-order valence-electron chi connectivity index (χ3n) is 7.23. The lowest BCUT2D eigenvalue weighted by Gasteiger charge is -2.14. The first-order chi connectivity index (χ1) is 18.6. The molecular weight excluding hydrogens is 512 g/mol. The van der Waals surface area contributed by atoms with Gasteiger partial charge in [-0.2, -0.15) is 0 Å². The summed E-state index contributed by atoms with van der Waals surface area (Å²) in [6, 6.07) is 22.7. The maximum atomic E-state index is 13.4. The van der Waals surface area contributed by atoms with Crippen LogP contribution in [0.4, 0.5) is 5.69 Å². The first-order valence-electron chi connectivity index (χ1n) is 12.1. The Bertz CT molecular complexity index is 1860. The molecule has 7 nitrogen and oxygen atoms in total. The molecule has 0 radical (unpaired) electrons. The van der Waals surface area contributed by atoms with Crippen molar-refractivity contribution in [2.24, 2.45) is 0 Å². The number of sulfone groups is 1. The lowest BCUT2D eigenvalue weighted by molar-refractivity contribution is 0.0872. The van der Waals surface area contributed by atoms with Crippen molar-refractivity contribution in [3.05, 3.63) is 119 Å². The molecule has 192 valence electrons. The van der Waals surface area contributed by atoms with Crippen LogP contribution in [0.15, 0.2) is 101 Å². The van der Waals surface area contributed by atoms with Gasteiger partial charge in [0.05, 0.1) is 26.6 Å². The highest BCUT2D eigenvalue weighted by molar-refractivity contribution is 7.91. The minimum Gasteiger partial charge on any atom is -0.311 e. The zero-order chi connectivity index (χ0) is 27.6. The van der Waals surface area contributed by atoms with Gasteiger partial charge in [0.1, 0.15) is 0 Å². The van der Waals surface area contributed by atoms with Gasteiger partial charge in [0.2, 0.25) is 9.84 Å². The molecule has 0 fully saturated rings. The molecule has 0 N–H and O–H groups in total. The van der Waals surface area contributed by atoms with E-state index in [1.54, 1.807) is 61.6 Å². The van der Waals surface area contributed by atoms with Crippen molar-refractivity contribution in [2.75, 3.05) is 11.9 Å². The van der Waals surface area contributed by atoms with Gasteiger partial charge in [-0.15, -0.1) is 0 Å². The van der Waals surface area contributed by atoms with Crippen LogP contribution in [0.3, 0.4) is 0 Å². The van der Waals surface area contributed by atoms with Gasteiger partial charge in [0.15, 0.2) is 0 Å². The molecule has 3 amide bonds. The summed E-state index contributed by atoms with van der Waals surface area (Å²) < 4.78 is 26.0. The highest BCUT2D eigenvalue weighted by Crippen LogP contribution is 2.36. The number of aryl methyl sites for hydroxylation is 1. The molecule has 0 aromatic heterocycles. The average molecular weight is 535 g/mol. The summed E-state index contributed by atoms with van der Waals surface area (Å²) in [5.41, 5.74) is 5.13. The Hall–Kier alpha value is -4.82. The Balaban J connectivity index is 1.31. The van der Waals surface area contributed by atoms with Crippen molar-refractivity contribution in [1.29, 1.82) is 0 Å². The Morgan fingerprint density at radius 3 is 1.69 bits per heavy atom. The second-order valence-electron chi connectivity index (χ2n) is 9.59. The molecule has 8 heteroatoms. The molecule has 0 saturated heterocycles. The molecular formula is C31H22N2O5S. The number of hydrogen-bond donors (Lipinski definition) is 0. The number of fused-ring (bicyclic) bond motifs is 2. The van der Waals surface area contributed by atoms with Gasteiger partial charge in [0, 0.05) is 23.9 Å². The van der Waals surface area contributed by atoms with Gasteiger partial charge in [-0.25, -0.2) is 13.3 Å². The van der Waals surface area contributed by atoms with Crippen LogP contribution in [0.2, 0.25) is 0 Å². The molecule has 2 heterocycles. The number of anilines is 1. The number of imide groups is 1. The van der Waals surface area contributed by atoms with Crippen LogP contribution in [-0.4, -0.2) is 38.1 Å². The Labute approximate surface area is 225 Å². The maximum absolute atomic E-state index is 13.4. The maximum Gasteiger partial charge on any atom is 0.266 e. The topological polar surface area (TPSA) is 91.8 Å². The van der Waals surface area contributed by atoms with E-state index in [1.165, 1.54) is 29.2 Å². The van der Waals surface area contributed by atoms with Crippen molar-refractivity contribution >= 4 is 38.9 Å². The highest BCUT2D eigenvalue weighted by Gasteiger charge is 2.37.